The Morgan fingerprint density at radius 3 is 2.69 bits per heavy atom. The van der Waals surface area contributed by atoms with Crippen LogP contribution in [0.25, 0.3) is 22.0 Å². The van der Waals surface area contributed by atoms with Gasteiger partial charge in [-0.25, -0.2) is 9.97 Å². The fourth-order valence-electron chi connectivity index (χ4n) is 3.23. The number of anilines is 1. The molecular weight excluding hydrogens is 347 g/mol. The van der Waals surface area contributed by atoms with Crippen molar-refractivity contribution in [3.8, 4) is 11.1 Å². The molecule has 0 aliphatic carbocycles. The third-order valence-corrected chi connectivity index (χ3v) is 4.59. The zero-order valence-corrected chi connectivity index (χ0v) is 13.9. The summed E-state index contributed by atoms with van der Waals surface area (Å²) >= 11 is 0. The molecule has 1 aromatic carbocycles. The Hall–Kier alpha value is -2.68. The first-order valence-corrected chi connectivity index (χ1v) is 8.14. The van der Waals surface area contributed by atoms with Gasteiger partial charge < -0.3 is 10.0 Å². The van der Waals surface area contributed by atoms with Crippen molar-refractivity contribution < 1.29 is 18.3 Å². The summed E-state index contributed by atoms with van der Waals surface area (Å²) in [7, 11) is 0. The third kappa shape index (κ3) is 2.88. The van der Waals surface area contributed by atoms with E-state index < -0.39 is 17.8 Å². The summed E-state index contributed by atoms with van der Waals surface area (Å²) in [6.45, 7) is 2.84. The largest absolute Gasteiger partial charge is 0.416 e. The first kappa shape index (κ1) is 16.8. The highest BCUT2D eigenvalue weighted by Gasteiger charge is 2.32. The molecule has 3 heterocycles. The molecular formula is C17H16F3N5O. The number of aryl methyl sites for hydroxylation is 1. The molecule has 1 aliphatic heterocycles. The van der Waals surface area contributed by atoms with E-state index in [4.69, 9.17) is 0 Å². The summed E-state index contributed by atoms with van der Waals surface area (Å²) in [4.78, 5) is 10.6. The molecule has 6 nitrogen and oxygen atoms in total. The van der Waals surface area contributed by atoms with Gasteiger partial charge >= 0.3 is 6.18 Å². The number of nitrogens with one attached hydrogen (secondary N) is 1. The van der Waals surface area contributed by atoms with Crippen molar-refractivity contribution >= 4 is 16.9 Å². The van der Waals surface area contributed by atoms with E-state index in [1.807, 2.05) is 4.90 Å². The number of alkyl halides is 3. The van der Waals surface area contributed by atoms with Gasteiger partial charge in [-0.2, -0.15) is 18.3 Å². The summed E-state index contributed by atoms with van der Waals surface area (Å²) in [5.74, 6) is 0.471. The van der Waals surface area contributed by atoms with Crippen LogP contribution in [0.3, 0.4) is 0 Å². The Kier molecular flexibility index (Phi) is 3.83. The Balaban J connectivity index is 1.81. The molecule has 1 unspecified atom stereocenters. The number of hydrogen-bond acceptors (Lipinski definition) is 5. The zero-order chi connectivity index (χ0) is 18.5. The predicted octanol–water partition coefficient (Wildman–Crippen LogP) is 2.92. The summed E-state index contributed by atoms with van der Waals surface area (Å²) < 4.78 is 39.7. The van der Waals surface area contributed by atoms with Crippen LogP contribution in [0.1, 0.15) is 17.7 Å². The maximum atomic E-state index is 13.2. The lowest BCUT2D eigenvalue weighted by Gasteiger charge is -2.17. The topological polar surface area (TPSA) is 77.9 Å². The van der Waals surface area contributed by atoms with Crippen molar-refractivity contribution in [1.82, 2.24) is 20.2 Å². The van der Waals surface area contributed by atoms with Crippen LogP contribution in [0.4, 0.5) is 19.1 Å². The normalized spacial score (nSPS) is 18.0. The standard InChI is InChI=1S/C17H16F3N5O/c1-9-13(6-21-16(23-9)25-3-2-11(26)8-25)12-4-10(17(18,19)20)5-15-14(12)7-22-24-15/h4-7,11,26H,2-3,8H2,1H3,(H,22,24). The fourth-order valence-corrected chi connectivity index (χ4v) is 3.23. The second kappa shape index (κ2) is 5.94. The van der Waals surface area contributed by atoms with Crippen LogP contribution in [0.15, 0.2) is 24.5 Å². The molecule has 3 aromatic rings. The van der Waals surface area contributed by atoms with Crippen molar-refractivity contribution in [3.05, 3.63) is 35.8 Å². The molecule has 1 fully saturated rings. The number of hydrogen-bond donors (Lipinski definition) is 2. The minimum Gasteiger partial charge on any atom is -0.391 e. The predicted molar refractivity (Wildman–Crippen MR) is 89.7 cm³/mol. The van der Waals surface area contributed by atoms with Crippen molar-refractivity contribution in [2.45, 2.75) is 25.6 Å². The van der Waals surface area contributed by atoms with Crippen LogP contribution in [0, 0.1) is 6.92 Å². The number of halogens is 3. The smallest absolute Gasteiger partial charge is 0.391 e. The number of nitrogens with zero attached hydrogens (tertiary/aromatic N) is 4. The Morgan fingerprint density at radius 1 is 1.23 bits per heavy atom. The monoisotopic (exact) mass is 363 g/mol. The Bertz CT molecular complexity index is 969. The van der Waals surface area contributed by atoms with Crippen molar-refractivity contribution in [2.75, 3.05) is 18.0 Å². The molecule has 136 valence electrons. The van der Waals surface area contributed by atoms with E-state index in [0.29, 0.717) is 53.2 Å². The molecule has 0 amide bonds. The summed E-state index contributed by atoms with van der Waals surface area (Å²) in [5.41, 5.74) is 1.02. The summed E-state index contributed by atoms with van der Waals surface area (Å²) in [6.07, 6.45) is -1.20. The average molecular weight is 363 g/mol. The number of β-amino-alcohol motifs (C(OH)–C–C–N with tert-alkyl or cyclic N) is 1. The highest BCUT2D eigenvalue weighted by atomic mass is 19.4. The van der Waals surface area contributed by atoms with E-state index in [2.05, 4.69) is 20.2 Å². The molecule has 2 aromatic heterocycles. The van der Waals surface area contributed by atoms with Gasteiger partial charge in [0.15, 0.2) is 0 Å². The second-order valence-corrected chi connectivity index (χ2v) is 6.41. The van der Waals surface area contributed by atoms with Crippen LogP contribution in [0.2, 0.25) is 0 Å². The Labute approximate surface area is 146 Å². The minimum absolute atomic E-state index is 0.306. The number of aromatic amines is 1. The van der Waals surface area contributed by atoms with Gasteiger partial charge in [-0.05, 0) is 31.0 Å². The van der Waals surface area contributed by atoms with Crippen molar-refractivity contribution in [1.29, 1.82) is 0 Å². The van der Waals surface area contributed by atoms with Gasteiger partial charge in [-0.1, -0.05) is 0 Å². The number of aliphatic hydroxyl groups excluding tert-OH is 1. The third-order valence-electron chi connectivity index (χ3n) is 4.59. The van der Waals surface area contributed by atoms with Crippen LogP contribution in [0.5, 0.6) is 0 Å². The average Bonchev–Trinajstić information content (AvgIpc) is 3.21. The van der Waals surface area contributed by atoms with Gasteiger partial charge in [0.05, 0.1) is 29.1 Å². The molecule has 1 saturated heterocycles. The molecule has 0 saturated carbocycles. The van der Waals surface area contributed by atoms with Gasteiger partial charge in [0, 0.05) is 30.2 Å². The number of rotatable bonds is 2. The molecule has 1 atom stereocenters. The van der Waals surface area contributed by atoms with Crippen LogP contribution < -0.4 is 4.90 Å². The SMILES string of the molecule is Cc1nc(N2CCC(O)C2)ncc1-c1cc(C(F)(F)F)cc2[nH]ncc12. The quantitative estimate of drug-likeness (QED) is 0.732. The number of fused-ring (bicyclic) bond motifs is 1. The molecule has 0 bridgehead atoms. The number of aliphatic hydroxyl groups is 1. The number of aromatic nitrogens is 4. The molecule has 4 rings (SSSR count). The number of benzene rings is 1. The molecule has 0 radical (unpaired) electrons. The van der Waals surface area contributed by atoms with Crippen LogP contribution in [-0.4, -0.2) is 44.5 Å². The fraction of sp³-hybridized carbons (Fsp3) is 0.353. The van der Waals surface area contributed by atoms with E-state index in [1.165, 1.54) is 12.4 Å². The first-order valence-electron chi connectivity index (χ1n) is 8.14. The highest BCUT2D eigenvalue weighted by Crippen LogP contribution is 2.37. The van der Waals surface area contributed by atoms with Gasteiger partial charge in [-0.3, -0.25) is 5.10 Å². The first-order chi connectivity index (χ1) is 12.3. The Morgan fingerprint density at radius 2 is 2.04 bits per heavy atom. The summed E-state index contributed by atoms with van der Waals surface area (Å²) in [5, 5.41) is 16.7. The van der Waals surface area contributed by atoms with E-state index in [-0.39, 0.29) is 0 Å². The molecule has 9 heteroatoms. The highest BCUT2D eigenvalue weighted by molar-refractivity contribution is 5.95. The van der Waals surface area contributed by atoms with Crippen molar-refractivity contribution in [2.24, 2.45) is 0 Å². The van der Waals surface area contributed by atoms with Crippen LogP contribution in [-0.2, 0) is 6.18 Å². The summed E-state index contributed by atoms with van der Waals surface area (Å²) in [6, 6.07) is 2.14. The van der Waals surface area contributed by atoms with Crippen molar-refractivity contribution in [3.63, 3.8) is 0 Å². The zero-order valence-electron chi connectivity index (χ0n) is 13.9. The van der Waals surface area contributed by atoms with Gasteiger partial charge in [-0.15, -0.1) is 0 Å². The number of H-pyrrole nitrogens is 1. The second-order valence-electron chi connectivity index (χ2n) is 6.41. The lowest BCUT2D eigenvalue weighted by molar-refractivity contribution is -0.137. The molecule has 2 N–H and O–H groups in total. The van der Waals surface area contributed by atoms with E-state index in [0.717, 1.165) is 12.1 Å². The van der Waals surface area contributed by atoms with Gasteiger partial charge in [0.1, 0.15) is 0 Å². The lowest BCUT2D eigenvalue weighted by Crippen LogP contribution is -2.23. The molecule has 0 spiro atoms. The molecule has 26 heavy (non-hydrogen) atoms. The van der Waals surface area contributed by atoms with E-state index >= 15 is 0 Å². The maximum absolute atomic E-state index is 13.2. The van der Waals surface area contributed by atoms with Gasteiger partial charge in [0.2, 0.25) is 5.95 Å². The molecule has 1 aliphatic rings. The van der Waals surface area contributed by atoms with Crippen LogP contribution >= 0.6 is 0 Å². The van der Waals surface area contributed by atoms with E-state index in [1.54, 1.807) is 6.92 Å². The van der Waals surface area contributed by atoms with Gasteiger partial charge in [0.25, 0.3) is 0 Å². The minimum atomic E-state index is -4.46. The maximum Gasteiger partial charge on any atom is 0.416 e. The lowest BCUT2D eigenvalue weighted by atomic mass is 9.99. The van der Waals surface area contributed by atoms with E-state index in [9.17, 15) is 18.3 Å².